The van der Waals surface area contributed by atoms with Gasteiger partial charge in [-0.05, 0) is 46.1 Å². The molecule has 1 aliphatic rings. The van der Waals surface area contributed by atoms with Crippen LogP contribution >= 0.6 is 0 Å². The number of carbonyl (C=O) groups is 1. The predicted molar refractivity (Wildman–Crippen MR) is 75.8 cm³/mol. The van der Waals surface area contributed by atoms with Gasteiger partial charge < -0.3 is 15.1 Å². The molecular formula is C14H29N3O. The second-order valence-corrected chi connectivity index (χ2v) is 5.13. The monoisotopic (exact) mass is 255 g/mol. The number of amides is 2. The molecule has 0 atom stereocenters. The van der Waals surface area contributed by atoms with E-state index in [1.54, 1.807) is 0 Å². The second kappa shape index (κ2) is 7.62. The summed E-state index contributed by atoms with van der Waals surface area (Å²) in [5, 5.41) is 3.50. The molecule has 0 spiro atoms. The first kappa shape index (κ1) is 15.3. The van der Waals surface area contributed by atoms with Gasteiger partial charge in [0.15, 0.2) is 0 Å². The van der Waals surface area contributed by atoms with Gasteiger partial charge in [0.05, 0.1) is 0 Å². The molecular weight excluding hydrogens is 226 g/mol. The molecule has 0 heterocycles. The highest BCUT2D eigenvalue weighted by Crippen LogP contribution is 2.23. The Bertz CT molecular complexity index is 245. The summed E-state index contributed by atoms with van der Waals surface area (Å²) in [4.78, 5) is 16.1. The van der Waals surface area contributed by atoms with E-state index in [2.05, 4.69) is 12.2 Å². The fourth-order valence-electron chi connectivity index (χ4n) is 2.83. The van der Waals surface area contributed by atoms with E-state index in [0.717, 1.165) is 32.5 Å². The Hall–Kier alpha value is -0.770. The number of nitrogens with one attached hydrogen (secondary N) is 1. The average Bonchev–Trinajstić information content (AvgIpc) is 2.40. The van der Waals surface area contributed by atoms with Crippen LogP contribution in [0.3, 0.4) is 0 Å². The molecule has 2 amide bonds. The number of rotatable bonds is 5. The summed E-state index contributed by atoms with van der Waals surface area (Å²) in [6.07, 6.45) is 4.63. The summed E-state index contributed by atoms with van der Waals surface area (Å²) in [5.74, 6) is 0. The highest BCUT2D eigenvalue weighted by atomic mass is 16.2. The molecule has 0 bridgehead atoms. The Labute approximate surface area is 112 Å². The molecule has 1 fully saturated rings. The minimum Gasteiger partial charge on any atom is -0.325 e. The first-order chi connectivity index (χ1) is 8.63. The maximum atomic E-state index is 12.2. The van der Waals surface area contributed by atoms with Crippen LogP contribution in [0.1, 0.15) is 46.5 Å². The van der Waals surface area contributed by atoms with Crippen molar-refractivity contribution in [3.05, 3.63) is 0 Å². The maximum absolute atomic E-state index is 12.2. The third-order valence-electron chi connectivity index (χ3n) is 4.07. The van der Waals surface area contributed by atoms with Crippen LogP contribution in [0.5, 0.6) is 0 Å². The van der Waals surface area contributed by atoms with Gasteiger partial charge in [-0.1, -0.05) is 6.92 Å². The predicted octanol–water partition coefficient (Wildman–Crippen LogP) is 2.30. The van der Waals surface area contributed by atoms with Crippen LogP contribution in [0.25, 0.3) is 0 Å². The average molecular weight is 255 g/mol. The Morgan fingerprint density at radius 3 is 2.11 bits per heavy atom. The summed E-state index contributed by atoms with van der Waals surface area (Å²) in [5.41, 5.74) is 0. The number of hydrogen-bond donors (Lipinski definition) is 1. The third-order valence-corrected chi connectivity index (χ3v) is 4.07. The van der Waals surface area contributed by atoms with Gasteiger partial charge in [-0.15, -0.1) is 0 Å². The van der Waals surface area contributed by atoms with E-state index in [4.69, 9.17) is 0 Å². The molecule has 1 N–H and O–H groups in total. The van der Waals surface area contributed by atoms with Gasteiger partial charge in [-0.25, -0.2) is 4.79 Å². The molecule has 1 saturated carbocycles. The zero-order chi connectivity index (χ0) is 13.5. The molecule has 0 aromatic rings. The van der Waals surface area contributed by atoms with Gasteiger partial charge in [0.25, 0.3) is 0 Å². The van der Waals surface area contributed by atoms with Crippen molar-refractivity contribution in [2.24, 2.45) is 0 Å². The summed E-state index contributed by atoms with van der Waals surface area (Å²) in [7, 11) is 1.96. The number of hydrogen-bond acceptors (Lipinski definition) is 2. The van der Waals surface area contributed by atoms with Crippen LogP contribution in [0, 0.1) is 0 Å². The number of carbonyl (C=O) groups excluding carboxylic acids is 1. The molecule has 1 aliphatic carbocycles. The Kier molecular flexibility index (Phi) is 6.47. The van der Waals surface area contributed by atoms with Gasteiger partial charge >= 0.3 is 6.03 Å². The number of nitrogens with zero attached hydrogens (tertiary/aromatic N) is 2. The topological polar surface area (TPSA) is 35.6 Å². The molecule has 106 valence electrons. The van der Waals surface area contributed by atoms with Crippen LogP contribution in [0.15, 0.2) is 0 Å². The Balaban J connectivity index is 2.44. The molecule has 1 rings (SSSR count). The quantitative estimate of drug-likeness (QED) is 0.818. The van der Waals surface area contributed by atoms with Crippen molar-refractivity contribution in [2.75, 3.05) is 26.7 Å². The summed E-state index contributed by atoms with van der Waals surface area (Å²) < 4.78 is 0. The molecule has 4 nitrogen and oxygen atoms in total. The van der Waals surface area contributed by atoms with E-state index < -0.39 is 0 Å². The SMILES string of the molecule is CCNC1CCC(N(C)C(=O)N(CC)CC)CC1. The summed E-state index contributed by atoms with van der Waals surface area (Å²) in [6, 6.07) is 1.27. The van der Waals surface area contributed by atoms with Crippen LogP contribution in [-0.4, -0.2) is 54.6 Å². The molecule has 4 heteroatoms. The fraction of sp³-hybridized carbons (Fsp3) is 0.929. The molecule has 0 aliphatic heterocycles. The summed E-state index contributed by atoms with van der Waals surface area (Å²) >= 11 is 0. The Morgan fingerprint density at radius 2 is 1.67 bits per heavy atom. The van der Waals surface area contributed by atoms with Gasteiger partial charge in [0, 0.05) is 32.2 Å². The first-order valence-electron chi connectivity index (χ1n) is 7.39. The molecule has 0 aromatic carbocycles. The lowest BCUT2D eigenvalue weighted by molar-refractivity contribution is 0.133. The van der Waals surface area contributed by atoms with Gasteiger partial charge in [-0.2, -0.15) is 0 Å². The van der Waals surface area contributed by atoms with Crippen LogP contribution in [0.2, 0.25) is 0 Å². The highest BCUT2D eigenvalue weighted by Gasteiger charge is 2.27. The standard InChI is InChI=1S/C14H29N3O/c1-5-15-12-8-10-13(11-9-12)16(4)14(18)17(6-2)7-3/h12-13,15H,5-11H2,1-4H3. The van der Waals surface area contributed by atoms with Crippen LogP contribution < -0.4 is 5.32 Å². The van der Waals surface area contributed by atoms with Gasteiger partial charge in [0.2, 0.25) is 0 Å². The first-order valence-corrected chi connectivity index (χ1v) is 7.39. The van der Waals surface area contributed by atoms with Gasteiger partial charge in [-0.3, -0.25) is 0 Å². The zero-order valence-electron chi connectivity index (χ0n) is 12.4. The van der Waals surface area contributed by atoms with E-state index in [0.29, 0.717) is 12.1 Å². The molecule has 0 aromatic heterocycles. The van der Waals surface area contributed by atoms with E-state index in [1.807, 2.05) is 30.7 Å². The minimum atomic E-state index is 0.187. The largest absolute Gasteiger partial charge is 0.325 e. The minimum absolute atomic E-state index is 0.187. The van der Waals surface area contributed by atoms with Crippen molar-refractivity contribution < 1.29 is 4.79 Å². The highest BCUT2D eigenvalue weighted by molar-refractivity contribution is 5.74. The fourth-order valence-corrected chi connectivity index (χ4v) is 2.83. The van der Waals surface area contributed by atoms with Crippen molar-refractivity contribution in [1.82, 2.24) is 15.1 Å². The zero-order valence-corrected chi connectivity index (χ0v) is 12.4. The summed E-state index contributed by atoms with van der Waals surface area (Å²) in [6.45, 7) is 8.87. The third kappa shape index (κ3) is 3.87. The Morgan fingerprint density at radius 1 is 1.11 bits per heavy atom. The van der Waals surface area contributed by atoms with E-state index in [-0.39, 0.29) is 6.03 Å². The number of urea groups is 1. The van der Waals surface area contributed by atoms with E-state index >= 15 is 0 Å². The molecule has 0 unspecified atom stereocenters. The van der Waals surface area contributed by atoms with Crippen molar-refractivity contribution in [3.63, 3.8) is 0 Å². The van der Waals surface area contributed by atoms with Gasteiger partial charge in [0.1, 0.15) is 0 Å². The normalized spacial score (nSPS) is 23.8. The lowest BCUT2D eigenvalue weighted by Gasteiger charge is -2.37. The lowest BCUT2D eigenvalue weighted by Crippen LogP contribution is -2.48. The van der Waals surface area contributed by atoms with Crippen molar-refractivity contribution in [3.8, 4) is 0 Å². The maximum Gasteiger partial charge on any atom is 0.319 e. The van der Waals surface area contributed by atoms with E-state index in [1.165, 1.54) is 12.8 Å². The lowest BCUT2D eigenvalue weighted by atomic mass is 9.90. The van der Waals surface area contributed by atoms with Crippen LogP contribution in [-0.2, 0) is 0 Å². The van der Waals surface area contributed by atoms with Crippen molar-refractivity contribution in [1.29, 1.82) is 0 Å². The smallest absolute Gasteiger partial charge is 0.319 e. The molecule has 18 heavy (non-hydrogen) atoms. The van der Waals surface area contributed by atoms with Crippen LogP contribution in [0.4, 0.5) is 4.79 Å². The second-order valence-electron chi connectivity index (χ2n) is 5.13. The van der Waals surface area contributed by atoms with Crippen molar-refractivity contribution in [2.45, 2.75) is 58.5 Å². The van der Waals surface area contributed by atoms with E-state index in [9.17, 15) is 4.79 Å². The van der Waals surface area contributed by atoms with Crippen molar-refractivity contribution >= 4 is 6.03 Å². The molecule has 0 saturated heterocycles. The molecule has 0 radical (unpaired) electrons.